The highest BCUT2D eigenvalue weighted by Gasteiger charge is 2.34. The summed E-state index contributed by atoms with van der Waals surface area (Å²) in [6.07, 6.45) is -4.62. The minimum Gasteiger partial charge on any atom is -0.394 e. The highest BCUT2D eigenvalue weighted by Crippen LogP contribution is 2.31. The number of carbonyl (C=O) groups is 1. The number of hydrogen-bond donors (Lipinski definition) is 2. The minimum atomic E-state index is -4.62. The molecule has 5 nitrogen and oxygen atoms in total. The van der Waals surface area contributed by atoms with Crippen molar-refractivity contribution in [3.05, 3.63) is 42.1 Å². The van der Waals surface area contributed by atoms with E-state index < -0.39 is 23.8 Å². The molecule has 0 aliphatic rings. The molecule has 0 fully saturated rings. The highest BCUT2D eigenvalue weighted by molar-refractivity contribution is 7.99. The number of thioether (sulfide) groups is 1. The predicted octanol–water partition coefficient (Wildman–Crippen LogP) is 2.75. The summed E-state index contributed by atoms with van der Waals surface area (Å²) in [6, 6.07) is 8.88. The smallest absolute Gasteiger partial charge is 0.394 e. The number of hydrogen-bond acceptors (Lipinski definition) is 5. The summed E-state index contributed by atoms with van der Waals surface area (Å²) >= 11 is 0.804. The van der Waals surface area contributed by atoms with Gasteiger partial charge in [0.15, 0.2) is 5.16 Å². The number of benzene rings is 1. The van der Waals surface area contributed by atoms with E-state index in [0.29, 0.717) is 5.56 Å². The van der Waals surface area contributed by atoms with Crippen molar-refractivity contribution < 1.29 is 23.1 Å². The summed E-state index contributed by atoms with van der Waals surface area (Å²) < 4.78 is 39.2. The maximum atomic E-state index is 13.1. The molecular formula is C16H16F3N3O2S. The monoisotopic (exact) mass is 371 g/mol. The number of alkyl halides is 3. The number of aliphatic hydroxyl groups excluding tert-OH is 1. The molecule has 1 unspecified atom stereocenters. The van der Waals surface area contributed by atoms with Crippen LogP contribution in [0.4, 0.5) is 13.2 Å². The molecule has 0 radical (unpaired) electrons. The third-order valence-corrected chi connectivity index (χ3v) is 3.93. The first-order valence-corrected chi connectivity index (χ1v) is 8.33. The zero-order valence-corrected chi connectivity index (χ0v) is 14.1. The van der Waals surface area contributed by atoms with Gasteiger partial charge in [-0.25, -0.2) is 9.97 Å². The lowest BCUT2D eigenvalue weighted by Gasteiger charge is -2.12. The summed E-state index contributed by atoms with van der Waals surface area (Å²) in [5, 5.41) is 11.3. The van der Waals surface area contributed by atoms with Crippen molar-refractivity contribution in [2.45, 2.75) is 24.3 Å². The zero-order chi connectivity index (χ0) is 18.4. The summed E-state index contributed by atoms with van der Waals surface area (Å²) in [5.74, 6) is -0.575. The summed E-state index contributed by atoms with van der Waals surface area (Å²) in [6.45, 7) is 1.38. The summed E-state index contributed by atoms with van der Waals surface area (Å²) in [7, 11) is 0. The van der Waals surface area contributed by atoms with E-state index in [4.69, 9.17) is 5.11 Å². The van der Waals surface area contributed by atoms with Gasteiger partial charge in [0.2, 0.25) is 5.91 Å². The van der Waals surface area contributed by atoms with Crippen LogP contribution in [0.3, 0.4) is 0 Å². The van der Waals surface area contributed by atoms with Gasteiger partial charge in [-0.15, -0.1) is 0 Å². The Kier molecular flexibility index (Phi) is 6.38. The van der Waals surface area contributed by atoms with Crippen molar-refractivity contribution in [2.75, 3.05) is 12.4 Å². The lowest BCUT2D eigenvalue weighted by molar-refractivity contribution is -0.141. The average Bonchev–Trinajstić information content (AvgIpc) is 2.59. The molecule has 134 valence electrons. The topological polar surface area (TPSA) is 75.1 Å². The number of aliphatic hydroxyl groups is 1. The first-order valence-electron chi connectivity index (χ1n) is 7.34. The van der Waals surface area contributed by atoms with Gasteiger partial charge < -0.3 is 10.4 Å². The largest absolute Gasteiger partial charge is 0.433 e. The van der Waals surface area contributed by atoms with Crippen molar-refractivity contribution in [1.29, 1.82) is 0 Å². The molecule has 0 spiro atoms. The molecule has 0 aliphatic carbocycles. The molecule has 0 saturated heterocycles. The summed E-state index contributed by atoms with van der Waals surface area (Å²) in [5.41, 5.74) is -0.404. The van der Waals surface area contributed by atoms with E-state index in [1.165, 1.54) is 0 Å². The number of halogens is 3. The molecule has 1 aromatic carbocycles. The molecule has 2 rings (SSSR count). The van der Waals surface area contributed by atoms with Crippen LogP contribution in [0.5, 0.6) is 0 Å². The van der Waals surface area contributed by atoms with Crippen molar-refractivity contribution in [1.82, 2.24) is 15.3 Å². The molecule has 1 aromatic heterocycles. The fourth-order valence-electron chi connectivity index (χ4n) is 1.88. The van der Waals surface area contributed by atoms with Crippen molar-refractivity contribution in [2.24, 2.45) is 0 Å². The Balaban J connectivity index is 2.24. The van der Waals surface area contributed by atoms with Crippen LogP contribution in [-0.2, 0) is 11.0 Å². The standard InChI is InChI=1S/C16H16F3N3O2S/c1-10(8-23)20-14(24)9-25-15-21-12(11-5-3-2-4-6-11)7-13(22-15)16(17,18)19/h2-7,10,23H,8-9H2,1H3,(H,20,24). The molecule has 1 heterocycles. The SMILES string of the molecule is CC(CO)NC(=O)CSc1nc(-c2ccccc2)cc(C(F)(F)F)n1. The lowest BCUT2D eigenvalue weighted by Crippen LogP contribution is -2.36. The van der Waals surface area contributed by atoms with E-state index in [1.54, 1.807) is 37.3 Å². The second-order valence-electron chi connectivity index (χ2n) is 5.22. The van der Waals surface area contributed by atoms with E-state index in [-0.39, 0.29) is 23.2 Å². The first kappa shape index (κ1) is 19.2. The molecule has 0 aliphatic heterocycles. The number of nitrogens with zero attached hydrogens (tertiary/aromatic N) is 2. The average molecular weight is 371 g/mol. The number of nitrogens with one attached hydrogen (secondary N) is 1. The van der Waals surface area contributed by atoms with Gasteiger partial charge in [-0.05, 0) is 13.0 Å². The van der Waals surface area contributed by atoms with Gasteiger partial charge in [0.05, 0.1) is 18.1 Å². The molecule has 0 bridgehead atoms. The Morgan fingerprint density at radius 2 is 1.96 bits per heavy atom. The highest BCUT2D eigenvalue weighted by atomic mass is 32.2. The number of rotatable bonds is 6. The van der Waals surface area contributed by atoms with Crippen LogP contribution in [0, 0.1) is 0 Å². The maximum absolute atomic E-state index is 13.1. The zero-order valence-electron chi connectivity index (χ0n) is 13.2. The van der Waals surface area contributed by atoms with E-state index in [1.807, 2.05) is 0 Å². The van der Waals surface area contributed by atoms with Crippen LogP contribution < -0.4 is 5.32 Å². The second-order valence-corrected chi connectivity index (χ2v) is 6.17. The van der Waals surface area contributed by atoms with Crippen molar-refractivity contribution >= 4 is 17.7 Å². The van der Waals surface area contributed by atoms with Crippen LogP contribution in [0.2, 0.25) is 0 Å². The van der Waals surface area contributed by atoms with E-state index in [9.17, 15) is 18.0 Å². The molecule has 1 atom stereocenters. The summed E-state index contributed by atoms with van der Waals surface area (Å²) in [4.78, 5) is 19.3. The Morgan fingerprint density at radius 3 is 2.56 bits per heavy atom. The van der Waals surface area contributed by atoms with Crippen molar-refractivity contribution in [3.8, 4) is 11.3 Å². The minimum absolute atomic E-state index is 0.134. The van der Waals surface area contributed by atoms with Gasteiger partial charge in [-0.3, -0.25) is 4.79 Å². The normalized spacial score (nSPS) is 12.7. The molecule has 2 N–H and O–H groups in total. The van der Waals surface area contributed by atoms with Crippen LogP contribution >= 0.6 is 11.8 Å². The Hall–Kier alpha value is -2.13. The molecule has 2 aromatic rings. The lowest BCUT2D eigenvalue weighted by atomic mass is 10.1. The van der Waals surface area contributed by atoms with Gasteiger partial charge in [0.1, 0.15) is 5.69 Å². The van der Waals surface area contributed by atoms with Gasteiger partial charge in [-0.2, -0.15) is 13.2 Å². The van der Waals surface area contributed by atoms with Crippen LogP contribution in [0.15, 0.2) is 41.6 Å². The maximum Gasteiger partial charge on any atom is 0.433 e. The van der Waals surface area contributed by atoms with E-state index >= 15 is 0 Å². The van der Waals surface area contributed by atoms with E-state index in [2.05, 4.69) is 15.3 Å². The van der Waals surface area contributed by atoms with E-state index in [0.717, 1.165) is 17.8 Å². The van der Waals surface area contributed by atoms with Crippen molar-refractivity contribution in [3.63, 3.8) is 0 Å². The molecule has 25 heavy (non-hydrogen) atoms. The second kappa shape index (κ2) is 8.30. The number of carbonyl (C=O) groups excluding carboxylic acids is 1. The van der Waals surface area contributed by atoms with Gasteiger partial charge in [-0.1, -0.05) is 42.1 Å². The Morgan fingerprint density at radius 1 is 1.28 bits per heavy atom. The molecule has 9 heteroatoms. The fraction of sp³-hybridized carbons (Fsp3) is 0.312. The van der Waals surface area contributed by atoms with Crippen LogP contribution in [0.1, 0.15) is 12.6 Å². The van der Waals surface area contributed by atoms with Gasteiger partial charge in [0.25, 0.3) is 0 Å². The van der Waals surface area contributed by atoms with Gasteiger partial charge in [0, 0.05) is 11.6 Å². The fourth-order valence-corrected chi connectivity index (χ4v) is 2.55. The molecule has 0 saturated carbocycles. The third-order valence-electron chi connectivity index (χ3n) is 3.08. The quantitative estimate of drug-likeness (QED) is 0.603. The first-order chi connectivity index (χ1) is 11.8. The predicted molar refractivity (Wildman–Crippen MR) is 87.9 cm³/mol. The molecule has 1 amide bonds. The van der Waals surface area contributed by atoms with Gasteiger partial charge >= 0.3 is 6.18 Å². The number of amides is 1. The number of aromatic nitrogens is 2. The van der Waals surface area contributed by atoms with Crippen LogP contribution in [0.25, 0.3) is 11.3 Å². The third kappa shape index (κ3) is 5.71. The Bertz CT molecular complexity index is 726. The Labute approximate surface area is 146 Å². The molecular weight excluding hydrogens is 355 g/mol. The van der Waals surface area contributed by atoms with Crippen LogP contribution in [-0.4, -0.2) is 39.4 Å².